The second-order valence-corrected chi connectivity index (χ2v) is 12.2. The maximum atomic E-state index is 6.46. The highest BCUT2D eigenvalue weighted by Crippen LogP contribution is 2.16. The zero-order valence-corrected chi connectivity index (χ0v) is 22.6. The van der Waals surface area contributed by atoms with Crippen molar-refractivity contribution in [3.05, 3.63) is 12.2 Å². The van der Waals surface area contributed by atoms with Gasteiger partial charge in [-0.1, -0.05) is 153 Å². The number of allylic oxidation sites excluding steroid dienone is 1. The number of hydrogen-bond acceptors (Lipinski definition) is 1. The highest BCUT2D eigenvalue weighted by atomic mass is 27.2. The third kappa shape index (κ3) is 24.5. The summed E-state index contributed by atoms with van der Waals surface area (Å²) in [6.07, 6.45) is 32.6. The molecule has 0 N–H and O–H groups in total. The van der Waals surface area contributed by atoms with Crippen molar-refractivity contribution in [3.8, 4) is 0 Å². The average Bonchev–Trinajstić information content (AvgIpc) is 2.76. The van der Waals surface area contributed by atoms with E-state index in [-0.39, 0.29) is 0 Å². The van der Waals surface area contributed by atoms with Crippen LogP contribution in [0.15, 0.2) is 12.2 Å². The molecule has 0 radical (unpaired) electrons. The van der Waals surface area contributed by atoms with E-state index >= 15 is 0 Å². The topological polar surface area (TPSA) is 9.23 Å². The fourth-order valence-electron chi connectivity index (χ4n) is 4.20. The molecule has 0 aromatic heterocycles. The van der Waals surface area contributed by atoms with E-state index < -0.39 is 14.5 Å². The second kappa shape index (κ2) is 27.3. The van der Waals surface area contributed by atoms with E-state index in [0.29, 0.717) is 0 Å². The summed E-state index contributed by atoms with van der Waals surface area (Å²) in [7, 11) is 0. The van der Waals surface area contributed by atoms with Gasteiger partial charge in [-0.05, 0) is 19.3 Å². The molecule has 30 heavy (non-hydrogen) atoms. The minimum atomic E-state index is -0.967. The first-order valence-corrected chi connectivity index (χ1v) is 16.2. The summed E-state index contributed by atoms with van der Waals surface area (Å²) in [5.74, 6) is 0. The lowest BCUT2D eigenvalue weighted by molar-refractivity contribution is 0.322. The van der Waals surface area contributed by atoms with Gasteiger partial charge in [0.25, 0.3) is 0 Å². The molecule has 0 unspecified atom stereocenters. The van der Waals surface area contributed by atoms with E-state index in [1.807, 2.05) is 0 Å². The predicted molar refractivity (Wildman–Crippen MR) is 140 cm³/mol. The molecule has 0 rings (SSSR count). The maximum absolute atomic E-state index is 6.46. The Morgan fingerprint density at radius 2 is 0.867 bits per heavy atom. The Balaban J connectivity index is 3.83. The summed E-state index contributed by atoms with van der Waals surface area (Å²) >= 11 is -0.967. The first-order chi connectivity index (χ1) is 14.8. The van der Waals surface area contributed by atoms with Gasteiger partial charge in [-0.15, -0.1) is 0 Å². The van der Waals surface area contributed by atoms with E-state index in [4.69, 9.17) is 3.79 Å². The Bertz CT molecular complexity index is 313. The molecule has 2 heteroatoms. The highest BCUT2D eigenvalue weighted by Gasteiger charge is 2.19. The van der Waals surface area contributed by atoms with Crippen LogP contribution < -0.4 is 0 Å². The summed E-state index contributed by atoms with van der Waals surface area (Å²) in [6.45, 7) is 7.88. The third-order valence-corrected chi connectivity index (χ3v) is 9.10. The number of unbranched alkanes of at least 4 members (excludes halogenated alkanes) is 16. The van der Waals surface area contributed by atoms with Gasteiger partial charge in [0.1, 0.15) is 0 Å². The van der Waals surface area contributed by atoms with Crippen molar-refractivity contribution in [2.24, 2.45) is 0 Å². The van der Waals surface area contributed by atoms with Gasteiger partial charge >= 0.3 is 14.5 Å². The maximum Gasteiger partial charge on any atom is 0.460 e. The first kappa shape index (κ1) is 30.2. The van der Waals surface area contributed by atoms with Crippen LogP contribution in [0.25, 0.3) is 0 Å². The smallest absolute Gasteiger partial charge is 0.460 e. The van der Waals surface area contributed by atoms with E-state index in [9.17, 15) is 0 Å². The molecule has 0 fully saturated rings. The van der Waals surface area contributed by atoms with Crippen molar-refractivity contribution in [3.63, 3.8) is 0 Å². The number of rotatable bonds is 25. The molecule has 0 saturated heterocycles. The molecular weight excluding hydrogens is 379 g/mol. The van der Waals surface area contributed by atoms with Gasteiger partial charge in [0.05, 0.1) is 0 Å². The zero-order chi connectivity index (χ0) is 22.0. The Kier molecular flexibility index (Phi) is 27.5. The fraction of sp³-hybridized carbons (Fsp3) is 0.929. The summed E-state index contributed by atoms with van der Waals surface area (Å²) in [6, 6.07) is 0. The Hall–Kier alpha value is 0.232. The van der Waals surface area contributed by atoms with Crippen molar-refractivity contribution < 1.29 is 3.79 Å². The lowest BCUT2D eigenvalue weighted by Gasteiger charge is -2.13. The van der Waals surface area contributed by atoms with Crippen LogP contribution >= 0.6 is 0 Å². The van der Waals surface area contributed by atoms with Crippen LogP contribution in [0.3, 0.4) is 0 Å². The Labute approximate surface area is 196 Å². The summed E-state index contributed by atoms with van der Waals surface area (Å²) in [5.41, 5.74) is 0. The van der Waals surface area contributed by atoms with Gasteiger partial charge in [0.2, 0.25) is 0 Å². The van der Waals surface area contributed by atoms with Crippen LogP contribution in [0.2, 0.25) is 10.6 Å². The van der Waals surface area contributed by atoms with Crippen molar-refractivity contribution in [1.29, 1.82) is 0 Å². The van der Waals surface area contributed by atoms with Crippen LogP contribution in [0, 0.1) is 0 Å². The minimum Gasteiger partial charge on any atom is -0.500 e. The second-order valence-electron chi connectivity index (χ2n) is 9.42. The van der Waals surface area contributed by atoms with Gasteiger partial charge in [0.15, 0.2) is 0 Å². The summed E-state index contributed by atoms with van der Waals surface area (Å²) in [4.78, 5) is 0. The monoisotopic (exact) mass is 436 g/mol. The molecule has 1 nitrogen and oxygen atoms in total. The SMILES string of the molecule is CCCCCCCC/C=C/CC[O][Al]([CH2]CCCCCCC)[CH2]CCCCCCC. The van der Waals surface area contributed by atoms with Crippen molar-refractivity contribution in [1.82, 2.24) is 0 Å². The van der Waals surface area contributed by atoms with E-state index in [1.165, 1.54) is 133 Å². The van der Waals surface area contributed by atoms with E-state index in [2.05, 4.69) is 32.9 Å². The predicted octanol–water partition coefficient (Wildman–Crippen LogP) is 10.4. The van der Waals surface area contributed by atoms with Gasteiger partial charge in [-0.2, -0.15) is 0 Å². The molecule has 0 aromatic carbocycles. The highest BCUT2D eigenvalue weighted by molar-refractivity contribution is 6.51. The van der Waals surface area contributed by atoms with Crippen LogP contribution in [-0.4, -0.2) is 21.1 Å². The molecule has 0 saturated carbocycles. The normalized spacial score (nSPS) is 11.6. The summed E-state index contributed by atoms with van der Waals surface area (Å²) in [5, 5.41) is 2.84. The van der Waals surface area contributed by atoms with Gasteiger partial charge < -0.3 is 3.79 Å². The molecule has 0 bridgehead atoms. The molecule has 178 valence electrons. The van der Waals surface area contributed by atoms with Crippen molar-refractivity contribution in [2.45, 2.75) is 160 Å². The average molecular weight is 437 g/mol. The standard InChI is InChI=1S/C12H23O.2C8H17.Al/c1-2-3-4-5-6-7-8-9-10-11-12-13;2*1-3-5-7-8-6-4-2;/h9-10H,2-8,11-12H2,1H3;2*1,3-8H2,2H3;/q-1;;;+1/b10-9+;;;. The minimum absolute atomic E-state index is 0.967. The molecule has 0 heterocycles. The summed E-state index contributed by atoms with van der Waals surface area (Å²) < 4.78 is 6.46. The molecule has 0 aliphatic rings. The fourth-order valence-corrected chi connectivity index (χ4v) is 6.78. The van der Waals surface area contributed by atoms with E-state index in [0.717, 1.165) is 13.0 Å². The molecule has 0 aliphatic heterocycles. The Morgan fingerprint density at radius 3 is 1.37 bits per heavy atom. The quantitative estimate of drug-likeness (QED) is 0.0785. The van der Waals surface area contributed by atoms with Crippen LogP contribution in [0.5, 0.6) is 0 Å². The molecule has 0 aliphatic carbocycles. The van der Waals surface area contributed by atoms with Gasteiger partial charge in [0, 0.05) is 6.61 Å². The van der Waals surface area contributed by atoms with Gasteiger partial charge in [-0.25, -0.2) is 0 Å². The number of hydrogen-bond donors (Lipinski definition) is 0. The van der Waals surface area contributed by atoms with Crippen molar-refractivity contribution in [2.75, 3.05) is 6.61 Å². The molecule has 0 aromatic rings. The molecular formula is C28H57AlO. The van der Waals surface area contributed by atoms with E-state index in [1.54, 1.807) is 0 Å². The lowest BCUT2D eigenvalue weighted by Crippen LogP contribution is -2.18. The van der Waals surface area contributed by atoms with Gasteiger partial charge in [-0.3, -0.25) is 0 Å². The molecule has 0 spiro atoms. The van der Waals surface area contributed by atoms with Crippen LogP contribution in [0.1, 0.15) is 149 Å². The Morgan fingerprint density at radius 1 is 0.467 bits per heavy atom. The van der Waals surface area contributed by atoms with Crippen LogP contribution in [0.4, 0.5) is 0 Å². The molecule has 0 amide bonds. The first-order valence-electron chi connectivity index (χ1n) is 14.1. The largest absolute Gasteiger partial charge is 0.500 e. The lowest BCUT2D eigenvalue weighted by atomic mass is 10.1. The van der Waals surface area contributed by atoms with Crippen molar-refractivity contribution >= 4 is 14.5 Å². The third-order valence-electron chi connectivity index (χ3n) is 6.29. The van der Waals surface area contributed by atoms with Crippen LogP contribution in [-0.2, 0) is 3.79 Å². The zero-order valence-electron chi connectivity index (χ0n) is 21.4. The molecule has 0 atom stereocenters.